The van der Waals surface area contributed by atoms with E-state index in [4.69, 9.17) is 25.8 Å². The zero-order valence-corrected chi connectivity index (χ0v) is 18.9. The van der Waals surface area contributed by atoms with Gasteiger partial charge in [-0.25, -0.2) is 8.42 Å². The van der Waals surface area contributed by atoms with E-state index in [1.807, 2.05) is 0 Å². The second kappa shape index (κ2) is 10.3. The maximum absolute atomic E-state index is 12.9. The van der Waals surface area contributed by atoms with Crippen molar-refractivity contribution in [2.24, 2.45) is 0 Å². The summed E-state index contributed by atoms with van der Waals surface area (Å²) < 4.78 is 44.0. The Morgan fingerprint density at radius 3 is 2.12 bits per heavy atom. The van der Waals surface area contributed by atoms with Crippen LogP contribution in [0.15, 0.2) is 71.6 Å². The van der Waals surface area contributed by atoms with Gasteiger partial charge in [-0.15, -0.1) is 0 Å². The molecule has 32 heavy (non-hydrogen) atoms. The van der Waals surface area contributed by atoms with Gasteiger partial charge >= 0.3 is 0 Å². The molecule has 0 heterocycles. The highest BCUT2D eigenvalue weighted by Crippen LogP contribution is 2.29. The average Bonchev–Trinajstić information content (AvgIpc) is 2.79. The number of amides is 1. The zero-order valence-electron chi connectivity index (χ0n) is 17.3. The lowest BCUT2D eigenvalue weighted by molar-refractivity contribution is -0.118. The number of benzene rings is 3. The highest BCUT2D eigenvalue weighted by molar-refractivity contribution is 7.92. The summed E-state index contributed by atoms with van der Waals surface area (Å²) in [6, 6.07) is 17.3. The fraction of sp³-hybridized carbons (Fsp3) is 0.136. The molecular weight excluding hydrogens is 456 g/mol. The molecule has 0 saturated carbocycles. The van der Waals surface area contributed by atoms with E-state index in [9.17, 15) is 13.2 Å². The molecule has 0 aliphatic heterocycles. The van der Waals surface area contributed by atoms with E-state index < -0.39 is 15.9 Å². The summed E-state index contributed by atoms with van der Waals surface area (Å²) >= 11 is 5.82. The molecule has 168 valence electrons. The first-order valence-corrected chi connectivity index (χ1v) is 11.2. The summed E-state index contributed by atoms with van der Waals surface area (Å²) in [5.74, 6) is 0.736. The van der Waals surface area contributed by atoms with Crippen molar-refractivity contribution in [3.05, 3.63) is 71.8 Å². The Balaban J connectivity index is 1.73. The number of hydrogen-bond acceptors (Lipinski definition) is 6. The molecule has 0 saturated heterocycles. The van der Waals surface area contributed by atoms with Crippen molar-refractivity contribution < 1.29 is 27.4 Å². The minimum atomic E-state index is -4.00. The molecule has 0 atom stereocenters. The van der Waals surface area contributed by atoms with E-state index in [2.05, 4.69) is 10.0 Å². The van der Waals surface area contributed by atoms with Gasteiger partial charge in [-0.3, -0.25) is 9.52 Å². The standard InChI is InChI=1S/C22H21ClN2O6S/c1-29-18-10-5-16(6-11-18)25-32(27,28)21-13-17(7-12-20(21)30-2)24-22(26)14-31-19-8-3-15(23)4-9-19/h3-13,25H,14H2,1-2H3,(H,24,26). The second-order valence-corrected chi connectivity index (χ2v) is 8.58. The average molecular weight is 477 g/mol. The number of nitrogens with one attached hydrogen (secondary N) is 2. The van der Waals surface area contributed by atoms with Gasteiger partial charge in [0.2, 0.25) is 0 Å². The van der Waals surface area contributed by atoms with Gasteiger partial charge in [-0.1, -0.05) is 11.6 Å². The van der Waals surface area contributed by atoms with Crippen LogP contribution in [-0.2, 0) is 14.8 Å². The van der Waals surface area contributed by atoms with Gasteiger partial charge < -0.3 is 19.5 Å². The Hall–Kier alpha value is -3.43. The van der Waals surface area contributed by atoms with Gasteiger partial charge in [0.15, 0.2) is 6.61 Å². The van der Waals surface area contributed by atoms with Crippen LogP contribution in [0.1, 0.15) is 0 Å². The molecule has 0 spiro atoms. The maximum Gasteiger partial charge on any atom is 0.265 e. The lowest BCUT2D eigenvalue weighted by Gasteiger charge is -2.14. The van der Waals surface area contributed by atoms with E-state index in [-0.39, 0.29) is 22.9 Å². The first kappa shape index (κ1) is 23.2. The van der Waals surface area contributed by atoms with E-state index in [0.717, 1.165) is 0 Å². The SMILES string of the molecule is COc1ccc(NS(=O)(=O)c2cc(NC(=O)COc3ccc(Cl)cc3)ccc2OC)cc1. The number of hydrogen-bond donors (Lipinski definition) is 2. The number of methoxy groups -OCH3 is 2. The lowest BCUT2D eigenvalue weighted by atomic mass is 10.3. The summed E-state index contributed by atoms with van der Waals surface area (Å²) in [4.78, 5) is 12.1. The monoisotopic (exact) mass is 476 g/mol. The summed E-state index contributed by atoms with van der Waals surface area (Å²) in [5, 5.41) is 3.16. The minimum absolute atomic E-state index is 0.126. The Labute approximate surface area is 191 Å². The molecule has 3 rings (SSSR count). The van der Waals surface area contributed by atoms with Crippen molar-refractivity contribution in [3.8, 4) is 17.2 Å². The van der Waals surface area contributed by atoms with Gasteiger partial charge in [0, 0.05) is 16.4 Å². The van der Waals surface area contributed by atoms with Crippen LogP contribution in [0.2, 0.25) is 5.02 Å². The van der Waals surface area contributed by atoms with Gasteiger partial charge in [-0.2, -0.15) is 0 Å². The highest BCUT2D eigenvalue weighted by Gasteiger charge is 2.21. The fourth-order valence-electron chi connectivity index (χ4n) is 2.71. The van der Waals surface area contributed by atoms with Crippen molar-refractivity contribution in [1.29, 1.82) is 0 Å². The molecule has 0 aromatic heterocycles. The molecule has 0 aliphatic carbocycles. The quantitative estimate of drug-likeness (QED) is 0.480. The summed E-state index contributed by atoms with van der Waals surface area (Å²) in [6.07, 6.45) is 0. The van der Waals surface area contributed by atoms with Crippen LogP contribution in [0, 0.1) is 0 Å². The van der Waals surface area contributed by atoms with Crippen LogP contribution in [-0.4, -0.2) is 35.2 Å². The number of rotatable bonds is 9. The largest absolute Gasteiger partial charge is 0.497 e. The van der Waals surface area contributed by atoms with E-state index in [1.54, 1.807) is 48.5 Å². The minimum Gasteiger partial charge on any atom is -0.497 e. The molecule has 10 heteroatoms. The molecule has 3 aromatic rings. The Kier molecular flexibility index (Phi) is 7.45. The van der Waals surface area contributed by atoms with Crippen LogP contribution >= 0.6 is 11.6 Å². The first-order chi connectivity index (χ1) is 15.3. The van der Waals surface area contributed by atoms with E-state index in [0.29, 0.717) is 22.2 Å². The number of sulfonamides is 1. The van der Waals surface area contributed by atoms with Crippen molar-refractivity contribution in [2.75, 3.05) is 30.9 Å². The normalized spacial score (nSPS) is 10.8. The molecule has 3 aromatic carbocycles. The molecule has 2 N–H and O–H groups in total. The molecule has 1 amide bonds. The number of anilines is 2. The molecule has 0 aliphatic rings. The Bertz CT molecular complexity index is 1180. The predicted octanol–water partition coefficient (Wildman–Crippen LogP) is 4.18. The molecule has 8 nitrogen and oxygen atoms in total. The summed E-state index contributed by atoms with van der Waals surface area (Å²) in [5.41, 5.74) is 0.615. The van der Waals surface area contributed by atoms with Crippen LogP contribution in [0.3, 0.4) is 0 Å². The molecular formula is C22H21ClN2O6S. The van der Waals surface area contributed by atoms with Crippen LogP contribution in [0.25, 0.3) is 0 Å². The zero-order chi connectivity index (χ0) is 23.1. The van der Waals surface area contributed by atoms with Gasteiger partial charge in [0.1, 0.15) is 22.1 Å². The van der Waals surface area contributed by atoms with Crippen LogP contribution in [0.5, 0.6) is 17.2 Å². The summed E-state index contributed by atoms with van der Waals surface area (Å²) in [7, 11) is -1.12. The Morgan fingerprint density at radius 2 is 1.50 bits per heavy atom. The third kappa shape index (κ3) is 6.05. The van der Waals surface area contributed by atoms with E-state index in [1.165, 1.54) is 32.4 Å². The number of ether oxygens (including phenoxy) is 3. The molecule has 0 radical (unpaired) electrons. The van der Waals surface area contributed by atoms with Crippen LogP contribution < -0.4 is 24.2 Å². The van der Waals surface area contributed by atoms with Crippen molar-refractivity contribution >= 4 is 38.9 Å². The molecule has 0 fully saturated rings. The van der Waals surface area contributed by atoms with Gasteiger partial charge in [0.25, 0.3) is 15.9 Å². The van der Waals surface area contributed by atoms with Crippen LogP contribution in [0.4, 0.5) is 11.4 Å². The highest BCUT2D eigenvalue weighted by atomic mass is 35.5. The third-order valence-electron chi connectivity index (χ3n) is 4.26. The van der Waals surface area contributed by atoms with Gasteiger partial charge in [0.05, 0.1) is 14.2 Å². The van der Waals surface area contributed by atoms with Gasteiger partial charge in [-0.05, 0) is 66.7 Å². The fourth-order valence-corrected chi connectivity index (χ4v) is 4.09. The second-order valence-electron chi connectivity index (χ2n) is 6.49. The maximum atomic E-state index is 12.9. The number of carbonyl (C=O) groups is 1. The Morgan fingerprint density at radius 1 is 0.875 bits per heavy atom. The van der Waals surface area contributed by atoms with Crippen molar-refractivity contribution in [3.63, 3.8) is 0 Å². The van der Waals surface area contributed by atoms with E-state index >= 15 is 0 Å². The predicted molar refractivity (Wildman–Crippen MR) is 122 cm³/mol. The molecule has 0 unspecified atom stereocenters. The first-order valence-electron chi connectivity index (χ1n) is 9.34. The smallest absolute Gasteiger partial charge is 0.265 e. The topological polar surface area (TPSA) is 103 Å². The number of halogens is 1. The molecule has 0 bridgehead atoms. The number of carbonyl (C=O) groups excluding carboxylic acids is 1. The third-order valence-corrected chi connectivity index (χ3v) is 5.92. The summed E-state index contributed by atoms with van der Waals surface area (Å²) in [6.45, 7) is -0.264. The van der Waals surface area contributed by atoms with Crippen molar-refractivity contribution in [1.82, 2.24) is 0 Å². The lowest BCUT2D eigenvalue weighted by Crippen LogP contribution is -2.21. The van der Waals surface area contributed by atoms with Crippen molar-refractivity contribution in [2.45, 2.75) is 4.90 Å².